The maximum absolute atomic E-state index is 12.9. The molecule has 0 saturated carbocycles. The minimum atomic E-state index is -0.349. The van der Waals surface area contributed by atoms with Crippen LogP contribution < -0.4 is 20.3 Å². The lowest BCUT2D eigenvalue weighted by Gasteiger charge is -2.12. The second kappa shape index (κ2) is 10.3. The molecule has 8 heteroatoms. The van der Waals surface area contributed by atoms with Gasteiger partial charge in [0.05, 0.1) is 18.8 Å². The lowest BCUT2D eigenvalue weighted by Crippen LogP contribution is -2.29. The van der Waals surface area contributed by atoms with Crippen molar-refractivity contribution in [3.05, 3.63) is 51.8 Å². The summed E-state index contributed by atoms with van der Waals surface area (Å²) >= 11 is 0. The summed E-state index contributed by atoms with van der Waals surface area (Å²) in [5, 5.41) is 3.12. The highest BCUT2D eigenvalue weighted by Gasteiger charge is 2.22. The number of ether oxygens (including phenoxy) is 2. The molecule has 1 aromatic carbocycles. The zero-order valence-corrected chi connectivity index (χ0v) is 19.4. The molecule has 0 bridgehead atoms. The molecule has 1 N–H and O–H groups in total. The first kappa shape index (κ1) is 23.4. The van der Waals surface area contributed by atoms with Crippen LogP contribution in [0.4, 0.5) is 0 Å². The molecule has 0 spiro atoms. The molecule has 2 heterocycles. The molecule has 0 aliphatic rings. The molecule has 0 atom stereocenters. The van der Waals surface area contributed by atoms with Gasteiger partial charge in [0, 0.05) is 13.1 Å². The summed E-state index contributed by atoms with van der Waals surface area (Å²) in [6, 6.07) is 5.75. The van der Waals surface area contributed by atoms with Crippen LogP contribution in [-0.2, 0) is 13.0 Å². The summed E-state index contributed by atoms with van der Waals surface area (Å²) in [5.74, 6) is 1.69. The van der Waals surface area contributed by atoms with Crippen molar-refractivity contribution in [2.45, 2.75) is 47.6 Å². The smallest absolute Gasteiger partial charge is 0.265 e. The minimum absolute atomic E-state index is 0.186. The van der Waals surface area contributed by atoms with E-state index in [1.54, 1.807) is 6.92 Å². The van der Waals surface area contributed by atoms with E-state index < -0.39 is 0 Å². The number of furan rings is 1. The largest absolute Gasteiger partial charge is 0.490 e. The first-order valence-corrected chi connectivity index (χ1v) is 11.0. The minimum Gasteiger partial charge on any atom is -0.490 e. The summed E-state index contributed by atoms with van der Waals surface area (Å²) < 4.78 is 18.4. The summed E-state index contributed by atoms with van der Waals surface area (Å²) in [6.07, 6.45) is 2.07. The highest BCUT2D eigenvalue weighted by molar-refractivity contribution is 6.06. The summed E-state index contributed by atoms with van der Waals surface area (Å²) in [5.41, 5.74) is 1.17. The van der Waals surface area contributed by atoms with Gasteiger partial charge < -0.3 is 19.2 Å². The number of aryl methyl sites for hydroxylation is 1. The number of hydrogen-bond donors (Lipinski definition) is 1. The van der Waals surface area contributed by atoms with Gasteiger partial charge in [-0.1, -0.05) is 19.9 Å². The van der Waals surface area contributed by atoms with Crippen molar-refractivity contribution in [2.75, 3.05) is 19.8 Å². The standard InChI is InChI=1S/C24H31N3O5/c1-6-30-18-9-8-17(12-19(18)31-7-2)10-11-25-22(28)20-16(5)32-23-21(20)24(29)27(14-26-23)13-15(3)4/h8-9,12,14-15H,6-7,10-11,13H2,1-5H3,(H,25,28). The van der Waals surface area contributed by atoms with E-state index in [1.165, 1.54) is 10.9 Å². The molecule has 0 saturated heterocycles. The van der Waals surface area contributed by atoms with E-state index in [1.807, 2.05) is 45.9 Å². The highest BCUT2D eigenvalue weighted by Crippen LogP contribution is 2.28. The number of nitrogens with one attached hydrogen (secondary N) is 1. The second-order valence-electron chi connectivity index (χ2n) is 7.96. The first-order chi connectivity index (χ1) is 15.3. The van der Waals surface area contributed by atoms with Gasteiger partial charge in [-0.05, 0) is 50.8 Å². The van der Waals surface area contributed by atoms with Gasteiger partial charge in [0.15, 0.2) is 11.5 Å². The van der Waals surface area contributed by atoms with E-state index in [9.17, 15) is 9.59 Å². The van der Waals surface area contributed by atoms with E-state index >= 15 is 0 Å². The summed E-state index contributed by atoms with van der Waals surface area (Å²) in [6.45, 7) is 11.6. The number of aromatic nitrogens is 2. The number of amides is 1. The van der Waals surface area contributed by atoms with Crippen molar-refractivity contribution in [3.63, 3.8) is 0 Å². The predicted octanol–water partition coefficient (Wildman–Crippen LogP) is 3.72. The molecule has 0 aliphatic heterocycles. The molecule has 0 aliphatic carbocycles. The average Bonchev–Trinajstić information content (AvgIpc) is 3.08. The fourth-order valence-corrected chi connectivity index (χ4v) is 3.59. The zero-order valence-electron chi connectivity index (χ0n) is 19.4. The Hall–Kier alpha value is -3.29. The Balaban J connectivity index is 1.76. The van der Waals surface area contributed by atoms with Gasteiger partial charge in [0.1, 0.15) is 17.5 Å². The lowest BCUT2D eigenvalue weighted by atomic mass is 10.1. The van der Waals surface area contributed by atoms with Crippen LogP contribution >= 0.6 is 0 Å². The van der Waals surface area contributed by atoms with Crippen LogP contribution in [0, 0.1) is 12.8 Å². The Morgan fingerprint density at radius 2 is 1.91 bits per heavy atom. The van der Waals surface area contributed by atoms with Crippen molar-refractivity contribution in [2.24, 2.45) is 5.92 Å². The van der Waals surface area contributed by atoms with E-state index in [4.69, 9.17) is 13.9 Å². The SMILES string of the molecule is CCOc1ccc(CCNC(=O)c2c(C)oc3ncn(CC(C)C)c(=O)c23)cc1OCC. The Bertz CT molecular complexity index is 1150. The topological polar surface area (TPSA) is 95.6 Å². The van der Waals surface area contributed by atoms with Crippen molar-refractivity contribution >= 4 is 17.0 Å². The van der Waals surface area contributed by atoms with Crippen molar-refractivity contribution < 1.29 is 18.7 Å². The third-order valence-electron chi connectivity index (χ3n) is 4.95. The Labute approximate surface area is 187 Å². The van der Waals surface area contributed by atoms with Gasteiger partial charge in [0.25, 0.3) is 11.5 Å². The average molecular weight is 442 g/mol. The predicted molar refractivity (Wildman–Crippen MR) is 123 cm³/mol. The molecule has 8 nitrogen and oxygen atoms in total. The van der Waals surface area contributed by atoms with E-state index in [-0.39, 0.29) is 34.0 Å². The van der Waals surface area contributed by atoms with Gasteiger partial charge in [-0.3, -0.25) is 14.2 Å². The van der Waals surface area contributed by atoms with Gasteiger partial charge >= 0.3 is 0 Å². The molecule has 3 aromatic rings. The van der Waals surface area contributed by atoms with Gasteiger partial charge in [0.2, 0.25) is 5.71 Å². The third-order valence-corrected chi connectivity index (χ3v) is 4.95. The number of rotatable bonds is 10. The Kier molecular flexibility index (Phi) is 7.56. The quantitative estimate of drug-likeness (QED) is 0.515. The van der Waals surface area contributed by atoms with Crippen LogP contribution in [0.1, 0.15) is 49.4 Å². The van der Waals surface area contributed by atoms with Gasteiger partial charge in [-0.25, -0.2) is 4.98 Å². The molecular formula is C24H31N3O5. The number of hydrogen-bond acceptors (Lipinski definition) is 6. The van der Waals surface area contributed by atoms with E-state index in [2.05, 4.69) is 10.3 Å². The number of carbonyl (C=O) groups excluding carboxylic acids is 1. The van der Waals surface area contributed by atoms with Crippen molar-refractivity contribution in [1.82, 2.24) is 14.9 Å². The second-order valence-corrected chi connectivity index (χ2v) is 7.96. The molecule has 32 heavy (non-hydrogen) atoms. The summed E-state index contributed by atoms with van der Waals surface area (Å²) in [7, 11) is 0. The van der Waals surface area contributed by atoms with Gasteiger partial charge in [-0.2, -0.15) is 0 Å². The van der Waals surface area contributed by atoms with Crippen LogP contribution in [-0.4, -0.2) is 35.2 Å². The normalized spacial score (nSPS) is 11.2. The molecule has 0 fully saturated rings. The monoisotopic (exact) mass is 441 g/mol. The fourth-order valence-electron chi connectivity index (χ4n) is 3.59. The van der Waals surface area contributed by atoms with Crippen LogP contribution in [0.25, 0.3) is 11.1 Å². The van der Waals surface area contributed by atoms with Crippen LogP contribution in [0.3, 0.4) is 0 Å². The van der Waals surface area contributed by atoms with Crippen LogP contribution in [0.2, 0.25) is 0 Å². The molecule has 172 valence electrons. The Morgan fingerprint density at radius 1 is 1.19 bits per heavy atom. The lowest BCUT2D eigenvalue weighted by molar-refractivity contribution is 0.0954. The van der Waals surface area contributed by atoms with Crippen molar-refractivity contribution in [1.29, 1.82) is 0 Å². The third kappa shape index (κ3) is 5.12. The highest BCUT2D eigenvalue weighted by atomic mass is 16.5. The van der Waals surface area contributed by atoms with Crippen LogP contribution in [0.5, 0.6) is 11.5 Å². The Morgan fingerprint density at radius 3 is 2.59 bits per heavy atom. The maximum atomic E-state index is 12.9. The number of carbonyl (C=O) groups is 1. The van der Waals surface area contributed by atoms with E-state index in [0.717, 1.165) is 5.56 Å². The maximum Gasteiger partial charge on any atom is 0.265 e. The zero-order chi connectivity index (χ0) is 23.3. The number of benzene rings is 1. The molecule has 2 aromatic heterocycles. The fraction of sp³-hybridized carbons (Fsp3) is 0.458. The molecule has 3 rings (SSSR count). The number of nitrogens with zero attached hydrogens (tertiary/aromatic N) is 2. The number of fused-ring (bicyclic) bond motifs is 1. The first-order valence-electron chi connectivity index (χ1n) is 11.0. The van der Waals surface area contributed by atoms with E-state index in [0.29, 0.717) is 50.0 Å². The van der Waals surface area contributed by atoms with Crippen LogP contribution in [0.15, 0.2) is 33.7 Å². The summed E-state index contributed by atoms with van der Waals surface area (Å²) in [4.78, 5) is 30.1. The molecule has 1 amide bonds. The van der Waals surface area contributed by atoms with Crippen molar-refractivity contribution in [3.8, 4) is 11.5 Å². The molecule has 0 unspecified atom stereocenters. The molecular weight excluding hydrogens is 410 g/mol. The molecule has 0 radical (unpaired) electrons. The van der Waals surface area contributed by atoms with Gasteiger partial charge in [-0.15, -0.1) is 0 Å².